The number of carbonyl (C=O) groups is 1. The fourth-order valence-corrected chi connectivity index (χ4v) is 1.80. The first-order valence-corrected chi connectivity index (χ1v) is 5.88. The van der Waals surface area contributed by atoms with Crippen molar-refractivity contribution in [3.63, 3.8) is 0 Å². The van der Waals surface area contributed by atoms with E-state index in [1.807, 2.05) is 24.3 Å². The normalized spacial score (nSPS) is 10.4. The van der Waals surface area contributed by atoms with Crippen molar-refractivity contribution >= 4 is 5.97 Å². The smallest absolute Gasteiger partial charge is 0.358 e. The van der Waals surface area contributed by atoms with E-state index < -0.39 is 5.97 Å². The van der Waals surface area contributed by atoms with Crippen LogP contribution in [0.5, 0.6) is 5.75 Å². The first-order chi connectivity index (χ1) is 9.11. The van der Waals surface area contributed by atoms with Crippen molar-refractivity contribution in [1.82, 2.24) is 15.0 Å². The third-order valence-corrected chi connectivity index (χ3v) is 2.96. The largest absolute Gasteiger partial charge is 0.497 e. The molecular weight excluding hydrogens is 246 g/mol. The number of aromatic carboxylic acids is 1. The maximum absolute atomic E-state index is 10.9. The Hall–Kier alpha value is -2.37. The van der Waals surface area contributed by atoms with Crippen LogP contribution in [0.2, 0.25) is 0 Å². The molecule has 19 heavy (non-hydrogen) atoms. The molecule has 1 aromatic heterocycles. The second kappa shape index (κ2) is 5.51. The lowest BCUT2D eigenvalue weighted by atomic mass is 10.1. The van der Waals surface area contributed by atoms with Crippen molar-refractivity contribution in [2.45, 2.75) is 19.9 Å². The Morgan fingerprint density at radius 1 is 1.37 bits per heavy atom. The second-order valence-corrected chi connectivity index (χ2v) is 4.15. The van der Waals surface area contributed by atoms with E-state index in [9.17, 15) is 4.79 Å². The van der Waals surface area contributed by atoms with E-state index in [1.54, 1.807) is 18.7 Å². The van der Waals surface area contributed by atoms with Crippen LogP contribution in [-0.2, 0) is 13.0 Å². The summed E-state index contributed by atoms with van der Waals surface area (Å²) in [5.41, 5.74) is 1.71. The molecule has 6 nitrogen and oxygen atoms in total. The average molecular weight is 261 g/mol. The summed E-state index contributed by atoms with van der Waals surface area (Å²) in [5, 5.41) is 16.4. The van der Waals surface area contributed by atoms with Gasteiger partial charge in [-0.15, -0.1) is 5.10 Å². The quantitative estimate of drug-likeness (QED) is 0.883. The number of carboxylic acids is 1. The Labute approximate surface area is 110 Å². The molecule has 0 aliphatic rings. The van der Waals surface area contributed by atoms with Crippen LogP contribution >= 0.6 is 0 Å². The van der Waals surface area contributed by atoms with Crippen molar-refractivity contribution in [2.75, 3.05) is 7.11 Å². The van der Waals surface area contributed by atoms with Crippen molar-refractivity contribution in [3.05, 3.63) is 41.2 Å². The molecule has 0 spiro atoms. The minimum Gasteiger partial charge on any atom is -0.497 e. The molecule has 0 bridgehead atoms. The third kappa shape index (κ3) is 2.90. The maximum atomic E-state index is 10.9. The fourth-order valence-electron chi connectivity index (χ4n) is 1.80. The van der Waals surface area contributed by atoms with Gasteiger partial charge in [-0.2, -0.15) is 0 Å². The Morgan fingerprint density at radius 3 is 2.58 bits per heavy atom. The number of carboxylic acid groups (broad SMARTS) is 1. The number of benzene rings is 1. The number of nitrogens with zero attached hydrogens (tertiary/aromatic N) is 3. The lowest BCUT2D eigenvalue weighted by molar-refractivity contribution is 0.0689. The van der Waals surface area contributed by atoms with Gasteiger partial charge < -0.3 is 9.84 Å². The summed E-state index contributed by atoms with van der Waals surface area (Å²) in [6, 6.07) is 7.74. The van der Waals surface area contributed by atoms with Crippen molar-refractivity contribution in [2.24, 2.45) is 0 Å². The topological polar surface area (TPSA) is 77.2 Å². The van der Waals surface area contributed by atoms with Crippen LogP contribution in [0.4, 0.5) is 0 Å². The van der Waals surface area contributed by atoms with Gasteiger partial charge in [0.25, 0.3) is 0 Å². The van der Waals surface area contributed by atoms with Gasteiger partial charge >= 0.3 is 5.97 Å². The zero-order valence-electron chi connectivity index (χ0n) is 10.8. The SMILES string of the molecule is COc1ccc(CCn2nnc(C(=O)O)c2C)cc1. The van der Waals surface area contributed by atoms with Crippen molar-refractivity contribution < 1.29 is 14.6 Å². The molecule has 0 saturated carbocycles. The Morgan fingerprint density at radius 2 is 2.05 bits per heavy atom. The predicted octanol–water partition coefficient (Wildman–Crippen LogP) is 1.54. The highest BCUT2D eigenvalue weighted by Gasteiger charge is 2.14. The molecular formula is C13H15N3O3. The van der Waals surface area contributed by atoms with E-state index in [2.05, 4.69) is 10.3 Å². The molecule has 0 saturated heterocycles. The van der Waals surface area contributed by atoms with E-state index in [0.717, 1.165) is 17.7 Å². The third-order valence-electron chi connectivity index (χ3n) is 2.96. The van der Waals surface area contributed by atoms with Crippen LogP contribution in [0.1, 0.15) is 21.7 Å². The Bertz CT molecular complexity index is 575. The van der Waals surface area contributed by atoms with Gasteiger partial charge in [0.2, 0.25) is 0 Å². The molecule has 1 heterocycles. The summed E-state index contributed by atoms with van der Waals surface area (Å²) in [6.45, 7) is 2.30. The molecule has 0 aliphatic heterocycles. The van der Waals surface area contributed by atoms with Gasteiger partial charge in [0, 0.05) is 6.54 Å². The second-order valence-electron chi connectivity index (χ2n) is 4.15. The summed E-state index contributed by atoms with van der Waals surface area (Å²) >= 11 is 0. The number of hydrogen-bond acceptors (Lipinski definition) is 4. The number of hydrogen-bond donors (Lipinski definition) is 1. The molecule has 0 atom stereocenters. The minimum atomic E-state index is -1.05. The van der Waals surface area contributed by atoms with E-state index >= 15 is 0 Å². The van der Waals surface area contributed by atoms with Gasteiger partial charge in [-0.3, -0.25) is 0 Å². The standard InChI is InChI=1S/C13H15N3O3/c1-9-12(13(17)18)14-15-16(9)8-7-10-3-5-11(19-2)6-4-10/h3-6H,7-8H2,1-2H3,(H,17,18). The van der Waals surface area contributed by atoms with Crippen molar-refractivity contribution in [1.29, 1.82) is 0 Å². The number of rotatable bonds is 5. The first kappa shape index (κ1) is 13.1. The molecule has 0 fully saturated rings. The van der Waals surface area contributed by atoms with Gasteiger partial charge in [-0.05, 0) is 31.0 Å². The van der Waals surface area contributed by atoms with Crippen LogP contribution in [0, 0.1) is 6.92 Å². The highest BCUT2D eigenvalue weighted by atomic mass is 16.5. The Kier molecular flexibility index (Phi) is 3.79. The maximum Gasteiger partial charge on any atom is 0.358 e. The van der Waals surface area contributed by atoms with Crippen LogP contribution in [0.3, 0.4) is 0 Å². The summed E-state index contributed by atoms with van der Waals surface area (Å²) in [7, 11) is 1.63. The first-order valence-electron chi connectivity index (χ1n) is 5.88. The summed E-state index contributed by atoms with van der Waals surface area (Å²) in [5.74, 6) is -0.234. The van der Waals surface area contributed by atoms with Gasteiger partial charge in [0.1, 0.15) is 5.75 Å². The molecule has 1 aromatic carbocycles. The van der Waals surface area contributed by atoms with Gasteiger partial charge in [0.05, 0.1) is 12.8 Å². The summed E-state index contributed by atoms with van der Waals surface area (Å²) < 4.78 is 6.69. The molecule has 0 aliphatic carbocycles. The van der Waals surface area contributed by atoms with Crippen LogP contribution in [0.25, 0.3) is 0 Å². The van der Waals surface area contributed by atoms with Crippen LogP contribution in [-0.4, -0.2) is 33.2 Å². The molecule has 6 heteroatoms. The summed E-state index contributed by atoms with van der Waals surface area (Å²) in [6.07, 6.45) is 0.757. The average Bonchev–Trinajstić information content (AvgIpc) is 2.78. The molecule has 1 N–H and O–H groups in total. The van der Waals surface area contributed by atoms with Crippen LogP contribution < -0.4 is 4.74 Å². The zero-order chi connectivity index (χ0) is 13.8. The molecule has 0 unspecified atom stereocenters. The lowest BCUT2D eigenvalue weighted by Crippen LogP contribution is -2.06. The van der Waals surface area contributed by atoms with Crippen LogP contribution in [0.15, 0.2) is 24.3 Å². The minimum absolute atomic E-state index is 0.00901. The van der Waals surface area contributed by atoms with Gasteiger partial charge in [-0.1, -0.05) is 17.3 Å². The van der Waals surface area contributed by atoms with E-state index in [1.165, 1.54) is 0 Å². The zero-order valence-corrected chi connectivity index (χ0v) is 10.8. The van der Waals surface area contributed by atoms with E-state index in [-0.39, 0.29) is 5.69 Å². The number of ether oxygens (including phenoxy) is 1. The van der Waals surface area contributed by atoms with E-state index in [4.69, 9.17) is 9.84 Å². The predicted molar refractivity (Wildman–Crippen MR) is 68.4 cm³/mol. The molecule has 2 rings (SSSR count). The highest BCUT2D eigenvalue weighted by Crippen LogP contribution is 2.12. The fraction of sp³-hybridized carbons (Fsp3) is 0.308. The lowest BCUT2D eigenvalue weighted by Gasteiger charge is -2.05. The van der Waals surface area contributed by atoms with Crippen molar-refractivity contribution in [3.8, 4) is 5.75 Å². The highest BCUT2D eigenvalue weighted by molar-refractivity contribution is 5.86. The number of aryl methyl sites for hydroxylation is 2. The monoisotopic (exact) mass is 261 g/mol. The van der Waals surface area contributed by atoms with Gasteiger partial charge in [-0.25, -0.2) is 9.48 Å². The molecule has 100 valence electrons. The number of aromatic nitrogens is 3. The Balaban J connectivity index is 2.03. The molecule has 0 amide bonds. The molecule has 2 aromatic rings. The molecule has 0 radical (unpaired) electrons. The number of methoxy groups -OCH3 is 1. The van der Waals surface area contributed by atoms with Gasteiger partial charge in [0.15, 0.2) is 5.69 Å². The summed E-state index contributed by atoms with van der Waals surface area (Å²) in [4.78, 5) is 10.9. The van der Waals surface area contributed by atoms with E-state index in [0.29, 0.717) is 12.2 Å².